The lowest BCUT2D eigenvalue weighted by molar-refractivity contribution is -0.144. The average Bonchev–Trinajstić information content (AvgIpc) is 3.67. The minimum absolute atomic E-state index is 0.0342. The fourth-order valence-corrected chi connectivity index (χ4v) is 8.17. The summed E-state index contributed by atoms with van der Waals surface area (Å²) in [6.07, 6.45) is 2.24. The smallest absolute Gasteiger partial charge is 0.420 e. The molecule has 2 aliphatic carbocycles. The van der Waals surface area contributed by atoms with E-state index in [0.29, 0.717) is 37.3 Å². The van der Waals surface area contributed by atoms with E-state index in [9.17, 15) is 18.0 Å². The van der Waals surface area contributed by atoms with Crippen LogP contribution in [0.15, 0.2) is 18.2 Å². The Labute approximate surface area is 221 Å². The molecule has 3 heterocycles. The molecule has 3 aliphatic heterocycles. The summed E-state index contributed by atoms with van der Waals surface area (Å²) in [6.45, 7) is 2.47. The summed E-state index contributed by atoms with van der Waals surface area (Å²) in [5, 5.41) is 3.82. The van der Waals surface area contributed by atoms with Crippen molar-refractivity contribution >= 4 is 11.6 Å². The van der Waals surface area contributed by atoms with Gasteiger partial charge < -0.3 is 29.3 Å². The largest absolute Gasteiger partial charge is 0.496 e. The van der Waals surface area contributed by atoms with E-state index in [2.05, 4.69) is 10.2 Å². The van der Waals surface area contributed by atoms with E-state index >= 15 is 0 Å². The lowest BCUT2D eigenvalue weighted by Gasteiger charge is -2.41. The van der Waals surface area contributed by atoms with Crippen LogP contribution in [0.1, 0.15) is 50.5 Å². The SMILES string of the molecule is COc1ccc(N2C[C@@H]3C[C@@H]2CN3C(=O)[C@@]23CCC[C@@H]2C[C@@H](N[C@H]2CCOC[C@H]2OC)C3)cc1C(F)(F)F. The molecule has 2 bridgehead atoms. The monoisotopic (exact) mass is 537 g/mol. The number of anilines is 1. The van der Waals surface area contributed by atoms with Gasteiger partial charge in [-0.3, -0.25) is 4.79 Å². The molecule has 1 N–H and O–H groups in total. The second-order valence-corrected chi connectivity index (χ2v) is 11.8. The molecule has 2 saturated carbocycles. The maximum atomic E-state index is 14.2. The molecule has 1 amide bonds. The number of piperazine rings is 1. The highest BCUT2D eigenvalue weighted by atomic mass is 19.4. The van der Waals surface area contributed by atoms with Crippen LogP contribution in [-0.2, 0) is 20.4 Å². The molecule has 5 aliphatic rings. The molecule has 7 nitrogen and oxygen atoms in total. The van der Waals surface area contributed by atoms with Crippen LogP contribution >= 0.6 is 0 Å². The molecule has 1 aromatic carbocycles. The van der Waals surface area contributed by atoms with Gasteiger partial charge in [0.05, 0.1) is 36.8 Å². The third kappa shape index (κ3) is 4.36. The zero-order valence-electron chi connectivity index (χ0n) is 22.1. The topological polar surface area (TPSA) is 63.3 Å². The zero-order chi connectivity index (χ0) is 26.7. The quantitative estimate of drug-likeness (QED) is 0.595. The third-order valence-corrected chi connectivity index (χ3v) is 9.94. The van der Waals surface area contributed by atoms with Gasteiger partial charge in [0.1, 0.15) is 5.75 Å². The van der Waals surface area contributed by atoms with Gasteiger partial charge in [-0.25, -0.2) is 0 Å². The number of nitrogens with one attached hydrogen (secondary N) is 1. The predicted molar refractivity (Wildman–Crippen MR) is 135 cm³/mol. The first-order chi connectivity index (χ1) is 18.2. The van der Waals surface area contributed by atoms with E-state index in [4.69, 9.17) is 14.2 Å². The first-order valence-corrected chi connectivity index (χ1v) is 13.9. The van der Waals surface area contributed by atoms with Crippen LogP contribution in [-0.4, -0.2) is 81.6 Å². The molecule has 7 atom stereocenters. The predicted octanol–water partition coefficient (Wildman–Crippen LogP) is 3.85. The number of amides is 1. The van der Waals surface area contributed by atoms with Crippen molar-refractivity contribution in [3.05, 3.63) is 23.8 Å². The number of nitrogens with zero attached hydrogens (tertiary/aromatic N) is 2. The second-order valence-electron chi connectivity index (χ2n) is 11.8. The average molecular weight is 538 g/mol. The number of alkyl halides is 3. The highest BCUT2D eigenvalue weighted by Gasteiger charge is 2.59. The molecule has 10 heteroatoms. The van der Waals surface area contributed by atoms with Crippen LogP contribution in [0.4, 0.5) is 18.9 Å². The Kier molecular flexibility index (Phi) is 6.79. The summed E-state index contributed by atoms with van der Waals surface area (Å²) >= 11 is 0. The molecule has 3 saturated heterocycles. The van der Waals surface area contributed by atoms with Crippen molar-refractivity contribution in [2.45, 2.75) is 81.4 Å². The standard InChI is InChI=1S/C28H38F3N3O4/c1-36-24-6-5-19(12-22(24)28(29,30)31)33-14-21-11-20(33)15-34(21)26(35)27-8-3-4-17(27)10-18(13-27)32-23-7-9-38-16-25(23)37-2/h5-6,12,17-18,20-21,23,25,32H,3-4,7-11,13-16H2,1-2H3/t17-,18-,20-,21+,23+,25-,27-/m1/s1. The van der Waals surface area contributed by atoms with Gasteiger partial charge in [-0.2, -0.15) is 13.2 Å². The van der Waals surface area contributed by atoms with Gasteiger partial charge in [-0.1, -0.05) is 6.42 Å². The molecule has 1 aromatic rings. The summed E-state index contributed by atoms with van der Waals surface area (Å²) < 4.78 is 57.0. The fourth-order valence-electron chi connectivity index (χ4n) is 8.17. The molecular weight excluding hydrogens is 499 g/mol. The summed E-state index contributed by atoms with van der Waals surface area (Å²) in [4.78, 5) is 18.3. The van der Waals surface area contributed by atoms with Crippen molar-refractivity contribution in [2.24, 2.45) is 11.3 Å². The normalized spacial score (nSPS) is 36.7. The Morgan fingerprint density at radius 3 is 2.71 bits per heavy atom. The van der Waals surface area contributed by atoms with Gasteiger partial charge in [0, 0.05) is 50.6 Å². The lowest BCUT2D eigenvalue weighted by Crippen LogP contribution is -2.54. The number of rotatable bonds is 6. The summed E-state index contributed by atoms with van der Waals surface area (Å²) in [6, 6.07) is 4.90. The van der Waals surface area contributed by atoms with E-state index in [0.717, 1.165) is 51.6 Å². The van der Waals surface area contributed by atoms with Crippen molar-refractivity contribution in [2.75, 3.05) is 45.4 Å². The van der Waals surface area contributed by atoms with E-state index in [-0.39, 0.29) is 41.3 Å². The summed E-state index contributed by atoms with van der Waals surface area (Å²) in [7, 11) is 2.98. The zero-order valence-corrected chi connectivity index (χ0v) is 22.1. The van der Waals surface area contributed by atoms with Crippen molar-refractivity contribution in [1.29, 1.82) is 0 Å². The number of likely N-dealkylation sites (tertiary alicyclic amines) is 1. The van der Waals surface area contributed by atoms with Gasteiger partial charge in [-0.05, 0) is 62.6 Å². The number of fused-ring (bicyclic) bond motifs is 3. The maximum absolute atomic E-state index is 14.2. The van der Waals surface area contributed by atoms with Crippen molar-refractivity contribution in [3.8, 4) is 5.75 Å². The number of hydrogen-bond acceptors (Lipinski definition) is 6. The van der Waals surface area contributed by atoms with Crippen LogP contribution in [0.2, 0.25) is 0 Å². The van der Waals surface area contributed by atoms with Crippen LogP contribution in [0.5, 0.6) is 5.75 Å². The lowest BCUT2D eigenvalue weighted by atomic mass is 9.78. The highest BCUT2D eigenvalue weighted by Crippen LogP contribution is 2.56. The van der Waals surface area contributed by atoms with Crippen LogP contribution in [0.3, 0.4) is 0 Å². The summed E-state index contributed by atoms with van der Waals surface area (Å²) in [5.41, 5.74) is -0.529. The molecule has 5 fully saturated rings. The molecular formula is C28H38F3N3O4. The van der Waals surface area contributed by atoms with Crippen LogP contribution in [0, 0.1) is 11.3 Å². The first kappa shape index (κ1) is 26.2. The Hall–Kier alpha value is -2.04. The number of carbonyl (C=O) groups is 1. The Morgan fingerprint density at radius 1 is 1.16 bits per heavy atom. The van der Waals surface area contributed by atoms with E-state index in [1.165, 1.54) is 19.2 Å². The maximum Gasteiger partial charge on any atom is 0.420 e. The Morgan fingerprint density at radius 2 is 2.00 bits per heavy atom. The Bertz CT molecular complexity index is 1050. The number of benzene rings is 1. The molecule has 0 aromatic heterocycles. The van der Waals surface area contributed by atoms with Gasteiger partial charge in [0.25, 0.3) is 0 Å². The highest BCUT2D eigenvalue weighted by molar-refractivity contribution is 5.85. The third-order valence-electron chi connectivity index (χ3n) is 9.94. The number of halogens is 3. The van der Waals surface area contributed by atoms with Crippen molar-refractivity contribution < 1.29 is 32.2 Å². The number of ether oxygens (including phenoxy) is 3. The van der Waals surface area contributed by atoms with Gasteiger partial charge in [0.2, 0.25) is 5.91 Å². The van der Waals surface area contributed by atoms with Gasteiger partial charge in [0.15, 0.2) is 0 Å². The molecule has 0 radical (unpaired) electrons. The first-order valence-electron chi connectivity index (χ1n) is 13.9. The minimum atomic E-state index is -4.49. The van der Waals surface area contributed by atoms with Gasteiger partial charge >= 0.3 is 6.18 Å². The molecule has 0 spiro atoms. The second kappa shape index (κ2) is 9.86. The number of carbonyl (C=O) groups excluding carboxylic acids is 1. The Balaban J connectivity index is 1.14. The minimum Gasteiger partial charge on any atom is -0.496 e. The molecule has 38 heavy (non-hydrogen) atoms. The van der Waals surface area contributed by atoms with Crippen LogP contribution in [0.25, 0.3) is 0 Å². The fraction of sp³-hybridized carbons (Fsp3) is 0.750. The summed E-state index contributed by atoms with van der Waals surface area (Å²) in [5.74, 6) is 0.493. The van der Waals surface area contributed by atoms with Crippen molar-refractivity contribution in [1.82, 2.24) is 10.2 Å². The molecule has 210 valence electrons. The van der Waals surface area contributed by atoms with E-state index in [1.807, 2.05) is 4.90 Å². The number of methoxy groups -OCH3 is 2. The molecule has 6 rings (SSSR count). The van der Waals surface area contributed by atoms with E-state index in [1.54, 1.807) is 13.2 Å². The van der Waals surface area contributed by atoms with E-state index < -0.39 is 11.7 Å². The number of hydrogen-bond donors (Lipinski definition) is 1. The van der Waals surface area contributed by atoms with Gasteiger partial charge in [-0.15, -0.1) is 0 Å². The molecule has 0 unspecified atom stereocenters. The van der Waals surface area contributed by atoms with Crippen LogP contribution < -0.4 is 15.0 Å². The van der Waals surface area contributed by atoms with Crippen molar-refractivity contribution in [3.63, 3.8) is 0 Å².